The van der Waals surface area contributed by atoms with Gasteiger partial charge in [0.2, 0.25) is 11.8 Å². The number of anilines is 1. The number of ether oxygens (including phenoxy) is 4. The van der Waals surface area contributed by atoms with Gasteiger partial charge >= 0.3 is 12.1 Å². The monoisotopic (exact) mass is 655 g/mol. The van der Waals surface area contributed by atoms with Crippen LogP contribution in [-0.2, 0) is 39.8 Å². The van der Waals surface area contributed by atoms with Gasteiger partial charge in [0.15, 0.2) is 5.72 Å². The molecule has 0 spiro atoms. The summed E-state index contributed by atoms with van der Waals surface area (Å²) in [6, 6.07) is 3.16. The first kappa shape index (κ1) is 36.1. The Bertz CT molecular complexity index is 1470. The lowest BCUT2D eigenvalue weighted by Crippen LogP contribution is -2.63. The standard InChI is InChI=1S/C35H49N3O9/c1-19-12-11-13-28(44-10)35(43)18-27(45-33(42)36-35)22(4)31-34(7,47-31)29(46-32(41)23(5)37(8)24(6)39)17-30(40)38(9)26-16-25(14-19)15-20(2)21(26)3/h11-13,15-16,22-23,27-29,31,43H,14,17-18H2,1-10H3,(H,36,42)/b13-11+,19-12+/t22-,23?,27?,28-,29+,31?,34?,35+/m1/s1. The molecule has 3 aliphatic rings. The predicted octanol–water partition coefficient (Wildman–Crippen LogP) is 3.49. The zero-order valence-electron chi connectivity index (χ0n) is 29.1. The van der Waals surface area contributed by atoms with Crippen LogP contribution >= 0.6 is 0 Å². The molecule has 3 heterocycles. The molecule has 3 amide bonds. The number of allylic oxidation sites excluding steroid dienone is 3. The molecule has 0 aromatic heterocycles. The lowest BCUT2D eigenvalue weighted by Gasteiger charge is -2.42. The molecule has 4 unspecified atom stereocenters. The van der Waals surface area contributed by atoms with E-state index in [1.807, 2.05) is 39.8 Å². The minimum Gasteiger partial charge on any atom is -0.457 e. The molecule has 12 nitrogen and oxygen atoms in total. The van der Waals surface area contributed by atoms with E-state index >= 15 is 0 Å². The number of aryl methyl sites for hydroxylation is 1. The highest BCUT2D eigenvalue weighted by Crippen LogP contribution is 2.49. The molecule has 3 aliphatic heterocycles. The van der Waals surface area contributed by atoms with Crippen LogP contribution in [0.1, 0.15) is 64.2 Å². The first-order chi connectivity index (χ1) is 21.9. The van der Waals surface area contributed by atoms with Crippen LogP contribution in [0.25, 0.3) is 0 Å². The Morgan fingerprint density at radius 3 is 2.53 bits per heavy atom. The van der Waals surface area contributed by atoms with Gasteiger partial charge in [-0.05, 0) is 63.8 Å². The quantitative estimate of drug-likeness (QED) is 0.368. The summed E-state index contributed by atoms with van der Waals surface area (Å²) in [5, 5.41) is 14.2. The molecule has 258 valence electrons. The molecule has 2 fully saturated rings. The molecule has 12 heteroatoms. The Balaban J connectivity index is 1.78. The molecule has 0 aliphatic carbocycles. The van der Waals surface area contributed by atoms with Gasteiger partial charge < -0.3 is 33.9 Å². The SMILES string of the molecule is CO[C@@H]1/C=C/C=C(\C)Cc2cc(C)c(C)c(c2)N(C)C(=O)C[C@H](OC(=O)C(C)N(C)C(C)=O)C2(C)OC2[C@H](C)C2C[C@@]1(O)NC(=O)O2. The van der Waals surface area contributed by atoms with Crippen molar-refractivity contribution in [2.45, 2.75) is 110 Å². The van der Waals surface area contributed by atoms with E-state index in [9.17, 15) is 24.3 Å². The molecule has 1 aromatic rings. The minimum absolute atomic E-state index is 0.0155. The highest BCUT2D eigenvalue weighted by Gasteiger charge is 2.64. The Morgan fingerprint density at radius 2 is 1.89 bits per heavy atom. The second kappa shape index (κ2) is 13.8. The second-order valence-electron chi connectivity index (χ2n) is 13.5. The van der Waals surface area contributed by atoms with Gasteiger partial charge in [-0.1, -0.05) is 36.8 Å². The van der Waals surface area contributed by atoms with Crippen LogP contribution in [0.3, 0.4) is 0 Å². The summed E-state index contributed by atoms with van der Waals surface area (Å²) in [5.74, 6) is -1.77. The molecular formula is C35H49N3O9. The number of epoxide rings is 1. The molecule has 1 aromatic carbocycles. The molecule has 4 bridgehead atoms. The van der Waals surface area contributed by atoms with Crippen LogP contribution in [-0.4, -0.2) is 96.9 Å². The first-order valence-corrected chi connectivity index (χ1v) is 16.0. The molecule has 0 saturated carbocycles. The number of carbonyl (C=O) groups excluding carboxylic acids is 4. The lowest BCUT2D eigenvalue weighted by molar-refractivity contribution is -0.161. The third-order valence-corrected chi connectivity index (χ3v) is 10.0. The average molecular weight is 656 g/mol. The van der Waals surface area contributed by atoms with Crippen molar-refractivity contribution in [2.24, 2.45) is 5.92 Å². The van der Waals surface area contributed by atoms with Crippen LogP contribution in [0.5, 0.6) is 0 Å². The summed E-state index contributed by atoms with van der Waals surface area (Å²) in [4.78, 5) is 54.9. The number of methoxy groups -OCH3 is 1. The van der Waals surface area contributed by atoms with Crippen molar-refractivity contribution in [1.82, 2.24) is 10.2 Å². The first-order valence-electron chi connectivity index (χ1n) is 16.0. The van der Waals surface area contributed by atoms with E-state index in [4.69, 9.17) is 18.9 Å². The number of esters is 1. The summed E-state index contributed by atoms with van der Waals surface area (Å²) in [6.45, 7) is 12.4. The van der Waals surface area contributed by atoms with Crippen molar-refractivity contribution in [3.8, 4) is 0 Å². The highest BCUT2D eigenvalue weighted by molar-refractivity contribution is 5.94. The number of hydrogen-bond donors (Lipinski definition) is 2. The van der Waals surface area contributed by atoms with Gasteiger partial charge in [-0.3, -0.25) is 14.9 Å². The second-order valence-corrected chi connectivity index (χ2v) is 13.5. The Labute approximate surface area is 277 Å². The summed E-state index contributed by atoms with van der Waals surface area (Å²) >= 11 is 0. The maximum atomic E-state index is 14.0. The summed E-state index contributed by atoms with van der Waals surface area (Å²) in [5.41, 5.74) is 1.81. The van der Waals surface area contributed by atoms with Crippen molar-refractivity contribution < 1.29 is 43.2 Å². The molecular weight excluding hydrogens is 606 g/mol. The Kier molecular flexibility index (Phi) is 10.6. The number of hydrogen-bond acceptors (Lipinski definition) is 9. The van der Waals surface area contributed by atoms with E-state index in [0.717, 1.165) is 28.0 Å². The number of aliphatic hydroxyl groups is 1. The fourth-order valence-corrected chi connectivity index (χ4v) is 6.51. The van der Waals surface area contributed by atoms with Crippen molar-refractivity contribution >= 4 is 29.6 Å². The van der Waals surface area contributed by atoms with Crippen LogP contribution in [0.2, 0.25) is 0 Å². The Morgan fingerprint density at radius 1 is 1.21 bits per heavy atom. The van der Waals surface area contributed by atoms with Crippen molar-refractivity contribution in [1.29, 1.82) is 0 Å². The summed E-state index contributed by atoms with van der Waals surface area (Å²) in [7, 11) is 4.65. The number of nitrogens with one attached hydrogen (secondary N) is 1. The number of rotatable bonds is 4. The summed E-state index contributed by atoms with van der Waals surface area (Å²) in [6.07, 6.45) is 1.64. The maximum Gasteiger partial charge on any atom is 0.409 e. The van der Waals surface area contributed by atoms with Gasteiger partial charge in [0.05, 0.1) is 12.5 Å². The predicted molar refractivity (Wildman–Crippen MR) is 175 cm³/mol. The van der Waals surface area contributed by atoms with Gasteiger partial charge in [0.1, 0.15) is 30.0 Å². The maximum absolute atomic E-state index is 14.0. The zero-order valence-corrected chi connectivity index (χ0v) is 29.1. The fraction of sp³-hybridized carbons (Fsp3) is 0.600. The molecule has 8 atom stereocenters. The fourth-order valence-electron chi connectivity index (χ4n) is 6.51. The molecule has 0 radical (unpaired) electrons. The smallest absolute Gasteiger partial charge is 0.409 e. The van der Waals surface area contributed by atoms with Crippen LogP contribution < -0.4 is 10.2 Å². The van der Waals surface area contributed by atoms with Crippen molar-refractivity contribution in [3.05, 3.63) is 52.6 Å². The normalized spacial score (nSPS) is 33.7. The van der Waals surface area contributed by atoms with Gasteiger partial charge in [-0.25, -0.2) is 9.59 Å². The van der Waals surface area contributed by atoms with Crippen LogP contribution in [0, 0.1) is 19.8 Å². The van der Waals surface area contributed by atoms with Gasteiger partial charge in [-0.2, -0.15) is 0 Å². The van der Waals surface area contributed by atoms with Crippen LogP contribution in [0.4, 0.5) is 10.5 Å². The van der Waals surface area contributed by atoms with Crippen molar-refractivity contribution in [3.63, 3.8) is 0 Å². The average Bonchev–Trinajstić information content (AvgIpc) is 3.70. The molecule has 4 rings (SSSR count). The van der Waals surface area contributed by atoms with E-state index in [1.54, 1.807) is 37.9 Å². The number of amides is 3. The summed E-state index contributed by atoms with van der Waals surface area (Å²) < 4.78 is 23.5. The number of fused-ring (bicyclic) bond motifs is 5. The lowest BCUT2D eigenvalue weighted by atomic mass is 9.83. The molecule has 2 N–H and O–H groups in total. The molecule has 47 heavy (non-hydrogen) atoms. The third-order valence-electron chi connectivity index (χ3n) is 10.0. The zero-order chi connectivity index (χ0) is 35.0. The van der Waals surface area contributed by atoms with Crippen molar-refractivity contribution in [2.75, 3.05) is 26.1 Å². The van der Waals surface area contributed by atoms with E-state index in [-0.39, 0.29) is 24.7 Å². The number of likely N-dealkylation sites (N-methyl/N-ethyl adjacent to an activating group) is 1. The Hall–Kier alpha value is -3.74. The minimum atomic E-state index is -1.78. The topological polar surface area (TPSA) is 147 Å². The van der Waals surface area contributed by atoms with Gasteiger partial charge in [-0.15, -0.1) is 0 Å². The number of alkyl carbamates (subject to hydrolysis) is 1. The van der Waals surface area contributed by atoms with Gasteiger partial charge in [0.25, 0.3) is 0 Å². The van der Waals surface area contributed by atoms with E-state index in [2.05, 4.69) is 11.4 Å². The molecule has 2 saturated heterocycles. The van der Waals surface area contributed by atoms with E-state index < -0.39 is 59.8 Å². The number of benzene rings is 1. The van der Waals surface area contributed by atoms with Crippen LogP contribution in [0.15, 0.2) is 35.9 Å². The van der Waals surface area contributed by atoms with E-state index in [0.29, 0.717) is 6.42 Å². The van der Waals surface area contributed by atoms with E-state index in [1.165, 1.54) is 26.0 Å². The highest BCUT2D eigenvalue weighted by atomic mass is 16.7. The van der Waals surface area contributed by atoms with Gasteiger partial charge in [0, 0.05) is 46.2 Å². The largest absolute Gasteiger partial charge is 0.457 e. The number of carbonyl (C=O) groups is 4. The third kappa shape index (κ3) is 7.55. The number of nitrogens with zero attached hydrogens (tertiary/aromatic N) is 2.